The molecule has 4 rings (SSSR count). The van der Waals surface area contributed by atoms with Crippen molar-refractivity contribution >= 4 is 33.2 Å². The summed E-state index contributed by atoms with van der Waals surface area (Å²) in [5, 5.41) is 13.8. The van der Waals surface area contributed by atoms with Crippen LogP contribution in [0, 0.1) is 10.1 Å². The van der Waals surface area contributed by atoms with Gasteiger partial charge in [-0.05, 0) is 50.5 Å². The molecule has 0 aromatic heterocycles. The van der Waals surface area contributed by atoms with E-state index < -0.39 is 20.5 Å². The Morgan fingerprint density at radius 1 is 1.11 bits per heavy atom. The van der Waals surface area contributed by atoms with Crippen molar-refractivity contribution in [1.82, 2.24) is 14.5 Å². The zero-order valence-corrected chi connectivity index (χ0v) is 21.7. The van der Waals surface area contributed by atoms with Crippen LogP contribution in [0.25, 0.3) is 0 Å². The highest BCUT2D eigenvalue weighted by Crippen LogP contribution is 2.40. The minimum absolute atomic E-state index is 0.00254. The van der Waals surface area contributed by atoms with Gasteiger partial charge in [0.05, 0.1) is 16.5 Å². The summed E-state index contributed by atoms with van der Waals surface area (Å²) < 4.78 is 27.8. The Kier molecular flexibility index (Phi) is 7.51. The summed E-state index contributed by atoms with van der Waals surface area (Å²) in [6.07, 6.45) is 1.27. The number of hydrogen-bond donors (Lipinski definition) is 1. The highest BCUT2D eigenvalue weighted by molar-refractivity contribution is 7.89. The Bertz CT molecular complexity index is 1260. The fourth-order valence-corrected chi connectivity index (χ4v) is 6.35. The molecule has 37 heavy (non-hydrogen) atoms. The molecule has 0 aliphatic carbocycles. The average molecular weight is 530 g/mol. The molecule has 2 heterocycles. The minimum atomic E-state index is -3.90. The number of rotatable bonds is 8. The lowest BCUT2D eigenvalue weighted by molar-refractivity contribution is -0.384. The van der Waals surface area contributed by atoms with Crippen LogP contribution < -0.4 is 10.2 Å². The predicted octanol–water partition coefficient (Wildman–Crippen LogP) is 2.34. The third kappa shape index (κ3) is 5.16. The standard InChI is InChI=1S/C25H31N5O6S/c1-3-19(2)26-23(31)17-27-18-29(20-7-5-4-6-8-20)25(24(27)32)13-15-28(16-14-25)37(35,36)22-11-9-21(10-12-22)30(33)34/h4-12,19H,3,13-18H2,1-2H3,(H,26,31). The molecule has 2 saturated heterocycles. The second-order valence-electron chi connectivity index (χ2n) is 9.47. The highest BCUT2D eigenvalue weighted by atomic mass is 32.2. The lowest BCUT2D eigenvalue weighted by Crippen LogP contribution is -2.57. The van der Waals surface area contributed by atoms with Gasteiger partial charge in [0.2, 0.25) is 21.8 Å². The van der Waals surface area contributed by atoms with Crippen molar-refractivity contribution in [2.45, 2.75) is 49.6 Å². The normalized spacial score (nSPS) is 18.7. The number of piperidine rings is 1. The second-order valence-corrected chi connectivity index (χ2v) is 11.4. The molecule has 1 spiro atoms. The van der Waals surface area contributed by atoms with Gasteiger partial charge in [-0.15, -0.1) is 0 Å². The Hall–Kier alpha value is -3.51. The van der Waals surface area contributed by atoms with E-state index in [-0.39, 0.29) is 67.6 Å². The Balaban J connectivity index is 1.56. The number of hydrogen-bond acceptors (Lipinski definition) is 7. The fraction of sp³-hybridized carbons (Fsp3) is 0.440. The summed E-state index contributed by atoms with van der Waals surface area (Å²) in [4.78, 5) is 40.2. The first-order valence-electron chi connectivity index (χ1n) is 12.2. The molecule has 0 saturated carbocycles. The van der Waals surface area contributed by atoms with Crippen LogP contribution in [0.1, 0.15) is 33.1 Å². The summed E-state index contributed by atoms with van der Waals surface area (Å²) in [5.74, 6) is -0.422. The van der Waals surface area contributed by atoms with Crippen LogP contribution in [0.15, 0.2) is 59.5 Å². The summed E-state index contributed by atoms with van der Waals surface area (Å²) in [6, 6.07) is 14.2. The smallest absolute Gasteiger partial charge is 0.269 e. The van der Waals surface area contributed by atoms with Crippen molar-refractivity contribution in [2.24, 2.45) is 0 Å². The van der Waals surface area contributed by atoms with E-state index in [0.29, 0.717) is 0 Å². The molecule has 2 aromatic rings. The third-order valence-corrected chi connectivity index (χ3v) is 9.08. The van der Waals surface area contributed by atoms with Crippen LogP contribution in [0.2, 0.25) is 0 Å². The molecule has 0 bridgehead atoms. The number of nitrogens with zero attached hydrogens (tertiary/aromatic N) is 4. The van der Waals surface area contributed by atoms with E-state index in [4.69, 9.17) is 0 Å². The van der Waals surface area contributed by atoms with Crippen molar-refractivity contribution in [1.29, 1.82) is 0 Å². The van der Waals surface area contributed by atoms with Crippen molar-refractivity contribution in [3.63, 3.8) is 0 Å². The van der Waals surface area contributed by atoms with Crippen molar-refractivity contribution in [3.8, 4) is 0 Å². The largest absolute Gasteiger partial charge is 0.352 e. The maximum Gasteiger partial charge on any atom is 0.269 e. The molecule has 2 aliphatic heterocycles. The van der Waals surface area contributed by atoms with E-state index >= 15 is 0 Å². The number of para-hydroxylation sites is 1. The van der Waals surface area contributed by atoms with Gasteiger partial charge in [-0.25, -0.2) is 8.42 Å². The van der Waals surface area contributed by atoms with Crippen molar-refractivity contribution in [3.05, 3.63) is 64.7 Å². The van der Waals surface area contributed by atoms with E-state index in [2.05, 4.69) is 5.32 Å². The number of amides is 2. The molecule has 1 atom stereocenters. The van der Waals surface area contributed by atoms with Gasteiger partial charge >= 0.3 is 0 Å². The zero-order chi connectivity index (χ0) is 26.8. The first-order valence-corrected chi connectivity index (χ1v) is 13.7. The van der Waals surface area contributed by atoms with Crippen molar-refractivity contribution in [2.75, 3.05) is 31.2 Å². The number of benzene rings is 2. The monoisotopic (exact) mass is 529 g/mol. The number of nitro groups is 1. The van der Waals surface area contributed by atoms with E-state index in [1.807, 2.05) is 49.1 Å². The Labute approximate surface area is 216 Å². The maximum atomic E-state index is 13.8. The predicted molar refractivity (Wildman–Crippen MR) is 137 cm³/mol. The topological polar surface area (TPSA) is 133 Å². The molecule has 2 aliphatic rings. The minimum Gasteiger partial charge on any atom is -0.352 e. The third-order valence-electron chi connectivity index (χ3n) is 7.17. The van der Waals surface area contributed by atoms with E-state index in [1.54, 1.807) is 0 Å². The molecule has 2 fully saturated rings. The summed E-state index contributed by atoms with van der Waals surface area (Å²) in [6.45, 7) is 4.23. The first-order chi connectivity index (χ1) is 17.6. The van der Waals surface area contributed by atoms with Crippen LogP contribution in [0.4, 0.5) is 11.4 Å². The zero-order valence-electron chi connectivity index (χ0n) is 20.9. The van der Waals surface area contributed by atoms with Crippen LogP contribution >= 0.6 is 0 Å². The van der Waals surface area contributed by atoms with Crippen LogP contribution in [-0.2, 0) is 19.6 Å². The van der Waals surface area contributed by atoms with Gasteiger partial charge in [0.15, 0.2) is 0 Å². The lowest BCUT2D eigenvalue weighted by atomic mass is 9.86. The molecule has 2 amide bonds. The number of carbonyl (C=O) groups is 2. The quantitative estimate of drug-likeness (QED) is 0.410. The van der Waals surface area contributed by atoms with Gasteiger partial charge in [-0.1, -0.05) is 25.1 Å². The van der Waals surface area contributed by atoms with E-state index in [9.17, 15) is 28.1 Å². The number of carbonyl (C=O) groups excluding carboxylic acids is 2. The fourth-order valence-electron chi connectivity index (χ4n) is 4.90. The number of nitrogens with one attached hydrogen (secondary N) is 1. The summed E-state index contributed by atoms with van der Waals surface area (Å²) in [7, 11) is -3.90. The SMILES string of the molecule is CCC(C)NC(=O)CN1CN(c2ccccc2)C2(CCN(S(=O)(=O)c3ccc([N+](=O)[O-])cc3)CC2)C1=O. The number of anilines is 1. The van der Waals surface area contributed by atoms with Crippen LogP contribution in [0.3, 0.4) is 0 Å². The van der Waals surface area contributed by atoms with Gasteiger partial charge in [-0.3, -0.25) is 19.7 Å². The summed E-state index contributed by atoms with van der Waals surface area (Å²) in [5.41, 5.74) is -0.337. The Morgan fingerprint density at radius 3 is 2.30 bits per heavy atom. The van der Waals surface area contributed by atoms with E-state index in [1.165, 1.54) is 21.3 Å². The lowest BCUT2D eigenvalue weighted by Gasteiger charge is -2.42. The molecule has 1 unspecified atom stereocenters. The van der Waals surface area contributed by atoms with Gasteiger partial charge in [0.1, 0.15) is 12.1 Å². The van der Waals surface area contributed by atoms with Crippen LogP contribution in [-0.4, -0.2) is 72.2 Å². The number of nitro benzene ring substituents is 1. The highest BCUT2D eigenvalue weighted by Gasteiger charge is 2.55. The molecule has 11 nitrogen and oxygen atoms in total. The van der Waals surface area contributed by atoms with Crippen LogP contribution in [0.5, 0.6) is 0 Å². The second kappa shape index (κ2) is 10.5. The van der Waals surface area contributed by atoms with Gasteiger partial charge in [0, 0.05) is 37.0 Å². The van der Waals surface area contributed by atoms with Gasteiger partial charge in [0.25, 0.3) is 5.69 Å². The van der Waals surface area contributed by atoms with E-state index in [0.717, 1.165) is 24.2 Å². The molecule has 2 aromatic carbocycles. The first kappa shape index (κ1) is 26.6. The molecule has 1 N–H and O–H groups in total. The van der Waals surface area contributed by atoms with Gasteiger partial charge in [-0.2, -0.15) is 4.31 Å². The maximum absolute atomic E-state index is 13.8. The number of non-ortho nitro benzene ring substituents is 1. The molecule has 198 valence electrons. The molecule has 0 radical (unpaired) electrons. The number of sulfonamides is 1. The average Bonchev–Trinajstić information content (AvgIpc) is 3.15. The summed E-state index contributed by atoms with van der Waals surface area (Å²) >= 11 is 0. The Morgan fingerprint density at radius 2 is 1.73 bits per heavy atom. The van der Waals surface area contributed by atoms with Crippen molar-refractivity contribution < 1.29 is 22.9 Å². The molecule has 12 heteroatoms. The van der Waals surface area contributed by atoms with Gasteiger partial charge < -0.3 is 15.1 Å². The molecular weight excluding hydrogens is 498 g/mol. The molecular formula is C25H31N5O6S.